The van der Waals surface area contributed by atoms with Crippen LogP contribution < -0.4 is 5.46 Å². The topological polar surface area (TPSA) is 55.1 Å². The second kappa shape index (κ2) is 2.87. The third-order valence-corrected chi connectivity index (χ3v) is 2.05. The molecule has 0 bridgehead atoms. The van der Waals surface area contributed by atoms with E-state index in [-0.39, 0.29) is 5.56 Å². The Balaban J connectivity index is 2.87. The van der Waals surface area contributed by atoms with Crippen LogP contribution in [0.15, 0.2) is 18.3 Å². The lowest BCUT2D eigenvalue weighted by Crippen LogP contribution is -2.06. The molecule has 2 rings (SSSR count). The first-order chi connectivity index (χ1) is 6.59. The highest BCUT2D eigenvalue weighted by Crippen LogP contribution is 2.14. The van der Waals surface area contributed by atoms with Crippen LogP contribution in [0.1, 0.15) is 10.4 Å². The average Bonchev–Trinajstić information content (AvgIpc) is 2.47. The van der Waals surface area contributed by atoms with Crippen LogP contribution in [0.2, 0.25) is 0 Å². The molecule has 0 fully saturated rings. The molecule has 0 atom stereocenters. The van der Waals surface area contributed by atoms with E-state index in [0.717, 1.165) is 0 Å². The van der Waals surface area contributed by atoms with E-state index in [1.165, 1.54) is 6.07 Å². The second-order valence-electron chi connectivity index (χ2n) is 3.07. The minimum atomic E-state index is -0.992. The van der Waals surface area contributed by atoms with Crippen molar-refractivity contribution in [1.29, 1.82) is 0 Å². The fourth-order valence-electron chi connectivity index (χ4n) is 1.41. The minimum absolute atomic E-state index is 0.176. The summed E-state index contributed by atoms with van der Waals surface area (Å²) in [6.45, 7) is 0. The van der Waals surface area contributed by atoms with Gasteiger partial charge in [0.05, 0.1) is 5.56 Å². The number of aryl methyl sites for hydroxylation is 1. The molecule has 0 saturated carbocycles. The van der Waals surface area contributed by atoms with E-state index in [4.69, 9.17) is 13.0 Å². The lowest BCUT2D eigenvalue weighted by atomic mass is 9.91. The fourth-order valence-corrected chi connectivity index (χ4v) is 1.41. The molecular formula is C9H7BN2O2. The zero-order chi connectivity index (χ0) is 10.3. The zero-order valence-electron chi connectivity index (χ0n) is 7.56. The zero-order valence-corrected chi connectivity index (χ0v) is 7.56. The molecule has 2 aromatic rings. The Hall–Kier alpha value is -1.78. The Morgan fingerprint density at radius 3 is 2.93 bits per heavy atom. The van der Waals surface area contributed by atoms with Gasteiger partial charge in [0.2, 0.25) is 0 Å². The van der Waals surface area contributed by atoms with Crippen LogP contribution >= 0.6 is 0 Å². The highest BCUT2D eigenvalue weighted by molar-refractivity contribution is 6.39. The number of hydrogen-bond acceptors (Lipinski definition) is 2. The molecule has 68 valence electrons. The SMILES string of the molecule is [B]c1ccc(C(=O)O)c2nn(C)cc12. The molecule has 0 aliphatic rings. The summed E-state index contributed by atoms with van der Waals surface area (Å²) in [5.74, 6) is -0.992. The van der Waals surface area contributed by atoms with Crippen LogP contribution in [-0.4, -0.2) is 28.7 Å². The van der Waals surface area contributed by atoms with Gasteiger partial charge in [0.1, 0.15) is 13.4 Å². The number of carbonyl (C=O) groups is 1. The van der Waals surface area contributed by atoms with Crippen LogP contribution in [0.4, 0.5) is 0 Å². The Bertz CT molecular complexity index is 519. The predicted molar refractivity (Wildman–Crippen MR) is 53.1 cm³/mol. The summed E-state index contributed by atoms with van der Waals surface area (Å²) in [7, 11) is 7.42. The highest BCUT2D eigenvalue weighted by atomic mass is 16.4. The molecule has 0 aliphatic heterocycles. The van der Waals surface area contributed by atoms with Gasteiger partial charge in [0.25, 0.3) is 0 Å². The summed E-state index contributed by atoms with van der Waals surface area (Å²) in [6.07, 6.45) is 1.71. The van der Waals surface area contributed by atoms with Crippen molar-refractivity contribution in [2.75, 3.05) is 0 Å². The van der Waals surface area contributed by atoms with E-state index in [1.807, 2.05) is 0 Å². The maximum absolute atomic E-state index is 10.8. The van der Waals surface area contributed by atoms with Crippen molar-refractivity contribution in [3.05, 3.63) is 23.9 Å². The molecule has 1 aromatic heterocycles. The lowest BCUT2D eigenvalue weighted by Gasteiger charge is -1.98. The van der Waals surface area contributed by atoms with Crippen LogP contribution in [0.25, 0.3) is 10.9 Å². The number of hydrogen-bond donors (Lipinski definition) is 1. The lowest BCUT2D eigenvalue weighted by molar-refractivity contribution is 0.0699. The molecule has 5 heteroatoms. The summed E-state index contributed by atoms with van der Waals surface area (Å²) in [6, 6.07) is 3.04. The largest absolute Gasteiger partial charge is 0.478 e. The first-order valence-corrected chi connectivity index (χ1v) is 4.04. The summed E-state index contributed by atoms with van der Waals surface area (Å²) in [4.78, 5) is 10.8. The highest BCUT2D eigenvalue weighted by Gasteiger charge is 2.12. The second-order valence-corrected chi connectivity index (χ2v) is 3.07. The van der Waals surface area contributed by atoms with Crippen molar-refractivity contribution < 1.29 is 9.90 Å². The monoisotopic (exact) mass is 186 g/mol. The Morgan fingerprint density at radius 2 is 2.29 bits per heavy atom. The van der Waals surface area contributed by atoms with Gasteiger partial charge < -0.3 is 5.11 Å². The molecule has 4 nitrogen and oxygen atoms in total. The van der Waals surface area contributed by atoms with Gasteiger partial charge in [-0.3, -0.25) is 4.68 Å². The average molecular weight is 186 g/mol. The van der Waals surface area contributed by atoms with Crippen LogP contribution in [0.3, 0.4) is 0 Å². The van der Waals surface area contributed by atoms with Gasteiger partial charge in [-0.2, -0.15) is 5.10 Å². The molecule has 2 radical (unpaired) electrons. The van der Waals surface area contributed by atoms with Gasteiger partial charge in [-0.05, 0) is 6.07 Å². The number of carboxylic acids is 1. The van der Waals surface area contributed by atoms with E-state index in [2.05, 4.69) is 5.10 Å². The molecule has 0 unspecified atom stereocenters. The number of aromatic carboxylic acids is 1. The molecule has 1 aromatic carbocycles. The molecule has 1 N–H and O–H groups in total. The number of fused-ring (bicyclic) bond motifs is 1. The van der Waals surface area contributed by atoms with Crippen molar-refractivity contribution >= 4 is 30.2 Å². The van der Waals surface area contributed by atoms with Crippen molar-refractivity contribution in [2.24, 2.45) is 7.05 Å². The molecule has 0 saturated heterocycles. The van der Waals surface area contributed by atoms with E-state index in [1.54, 1.807) is 24.0 Å². The molecular weight excluding hydrogens is 179 g/mol. The maximum atomic E-state index is 10.8. The van der Waals surface area contributed by atoms with Gasteiger partial charge in [-0.1, -0.05) is 11.5 Å². The van der Waals surface area contributed by atoms with Crippen LogP contribution in [0.5, 0.6) is 0 Å². The number of benzene rings is 1. The summed E-state index contributed by atoms with van der Waals surface area (Å²) < 4.78 is 1.55. The van der Waals surface area contributed by atoms with Crippen molar-refractivity contribution in [2.45, 2.75) is 0 Å². The van der Waals surface area contributed by atoms with E-state index in [0.29, 0.717) is 16.4 Å². The smallest absolute Gasteiger partial charge is 0.337 e. The summed E-state index contributed by atoms with van der Waals surface area (Å²) in [5, 5.41) is 13.6. The summed E-state index contributed by atoms with van der Waals surface area (Å²) in [5.41, 5.74) is 1.15. The van der Waals surface area contributed by atoms with E-state index < -0.39 is 5.97 Å². The molecule has 0 aliphatic carbocycles. The molecule has 0 amide bonds. The molecule has 1 heterocycles. The minimum Gasteiger partial charge on any atom is -0.478 e. The van der Waals surface area contributed by atoms with Crippen LogP contribution in [-0.2, 0) is 7.05 Å². The first-order valence-electron chi connectivity index (χ1n) is 4.04. The quantitative estimate of drug-likeness (QED) is 0.641. The van der Waals surface area contributed by atoms with E-state index in [9.17, 15) is 4.79 Å². The third kappa shape index (κ3) is 1.17. The maximum Gasteiger partial charge on any atom is 0.337 e. The van der Waals surface area contributed by atoms with Crippen molar-refractivity contribution in [3.8, 4) is 0 Å². The molecule has 0 spiro atoms. The predicted octanol–water partition coefficient (Wildman–Crippen LogP) is 0.0653. The van der Waals surface area contributed by atoms with Gasteiger partial charge in [-0.15, -0.1) is 0 Å². The molecule has 14 heavy (non-hydrogen) atoms. The van der Waals surface area contributed by atoms with Crippen molar-refractivity contribution in [1.82, 2.24) is 9.78 Å². The Labute approximate surface area is 81.6 Å². The first kappa shape index (κ1) is 8.81. The fraction of sp³-hybridized carbons (Fsp3) is 0.111. The number of nitrogens with zero attached hydrogens (tertiary/aromatic N) is 2. The Morgan fingerprint density at radius 1 is 1.57 bits per heavy atom. The van der Waals surface area contributed by atoms with Gasteiger partial charge in [-0.25, -0.2) is 4.79 Å². The number of aromatic nitrogens is 2. The third-order valence-electron chi connectivity index (χ3n) is 2.05. The van der Waals surface area contributed by atoms with Gasteiger partial charge in [0.15, 0.2) is 0 Å². The standard InChI is InChI=1S/C9H7BN2O2/c1-12-4-6-7(10)3-2-5(9(13)14)8(6)11-12/h2-4H,1H3,(H,13,14). The number of rotatable bonds is 1. The van der Waals surface area contributed by atoms with Crippen LogP contribution in [0, 0.1) is 0 Å². The van der Waals surface area contributed by atoms with Crippen molar-refractivity contribution in [3.63, 3.8) is 0 Å². The normalized spacial score (nSPS) is 10.6. The summed E-state index contributed by atoms with van der Waals surface area (Å²) >= 11 is 0. The van der Waals surface area contributed by atoms with E-state index >= 15 is 0 Å². The Kier molecular flexibility index (Phi) is 1.80. The van der Waals surface area contributed by atoms with Gasteiger partial charge in [0, 0.05) is 18.6 Å². The number of carboxylic acid groups (broad SMARTS) is 1. The van der Waals surface area contributed by atoms with Gasteiger partial charge >= 0.3 is 5.97 Å².